The first kappa shape index (κ1) is 15.8. The lowest BCUT2D eigenvalue weighted by atomic mass is 10.2. The van der Waals surface area contributed by atoms with Crippen LogP contribution in [0.25, 0.3) is 0 Å². The summed E-state index contributed by atoms with van der Waals surface area (Å²) in [5.41, 5.74) is 6.94. The van der Waals surface area contributed by atoms with Crippen molar-refractivity contribution in [2.45, 2.75) is 31.6 Å². The second-order valence-corrected chi connectivity index (χ2v) is 5.20. The van der Waals surface area contributed by atoms with Crippen LogP contribution in [-0.2, 0) is 11.3 Å². The Labute approximate surface area is 121 Å². The number of carbonyl (C=O) groups excluding carboxylic acids is 1. The molecule has 3 N–H and O–H groups in total. The number of hydrogen-bond donors (Lipinski definition) is 2. The minimum absolute atomic E-state index is 0.128. The number of halogens is 3. The van der Waals surface area contributed by atoms with Gasteiger partial charge in [0.05, 0.1) is 13.1 Å². The lowest BCUT2D eigenvalue weighted by molar-refractivity contribution is -0.149. The third-order valence-corrected chi connectivity index (χ3v) is 3.27. The molecule has 2 rings (SSSR count). The van der Waals surface area contributed by atoms with Crippen molar-refractivity contribution >= 4 is 11.6 Å². The molecule has 0 unspecified atom stereocenters. The van der Waals surface area contributed by atoms with Crippen LogP contribution in [0.2, 0.25) is 0 Å². The number of hydrogen-bond acceptors (Lipinski definition) is 3. The molecule has 1 aliphatic carbocycles. The van der Waals surface area contributed by atoms with Crippen LogP contribution in [0.4, 0.5) is 18.9 Å². The van der Waals surface area contributed by atoms with Crippen LogP contribution < -0.4 is 11.1 Å². The van der Waals surface area contributed by atoms with Crippen LogP contribution in [0.3, 0.4) is 0 Å². The molecule has 0 heterocycles. The summed E-state index contributed by atoms with van der Waals surface area (Å²) < 4.78 is 37.4. The third-order valence-electron chi connectivity index (χ3n) is 3.27. The highest BCUT2D eigenvalue weighted by atomic mass is 19.4. The fraction of sp³-hybridized carbons (Fsp3) is 0.500. The van der Waals surface area contributed by atoms with Crippen LogP contribution in [0.5, 0.6) is 0 Å². The molecule has 0 bridgehead atoms. The SMILES string of the molecule is NCc1ccc(NC(=O)CN(CC(F)(F)F)C2CC2)cc1. The van der Waals surface area contributed by atoms with E-state index in [1.165, 1.54) is 4.90 Å². The number of benzene rings is 1. The zero-order valence-electron chi connectivity index (χ0n) is 11.5. The van der Waals surface area contributed by atoms with Gasteiger partial charge in [-0.2, -0.15) is 13.2 Å². The van der Waals surface area contributed by atoms with Crippen LogP contribution in [-0.4, -0.2) is 36.1 Å². The van der Waals surface area contributed by atoms with E-state index in [4.69, 9.17) is 5.73 Å². The molecule has 4 nitrogen and oxygen atoms in total. The van der Waals surface area contributed by atoms with Gasteiger partial charge in [0, 0.05) is 18.3 Å². The Balaban J connectivity index is 1.89. The zero-order valence-corrected chi connectivity index (χ0v) is 11.5. The Morgan fingerprint density at radius 1 is 1.29 bits per heavy atom. The van der Waals surface area contributed by atoms with Gasteiger partial charge in [-0.05, 0) is 30.5 Å². The average molecular weight is 301 g/mol. The van der Waals surface area contributed by atoms with E-state index in [9.17, 15) is 18.0 Å². The molecular weight excluding hydrogens is 283 g/mol. The maximum absolute atomic E-state index is 12.5. The van der Waals surface area contributed by atoms with Gasteiger partial charge in [-0.3, -0.25) is 9.69 Å². The number of rotatable bonds is 6. The molecule has 0 saturated heterocycles. The summed E-state index contributed by atoms with van der Waals surface area (Å²) in [5.74, 6) is -0.438. The smallest absolute Gasteiger partial charge is 0.326 e. The van der Waals surface area contributed by atoms with Gasteiger partial charge in [0.15, 0.2) is 0 Å². The average Bonchev–Trinajstić information content (AvgIpc) is 3.21. The molecule has 0 aliphatic heterocycles. The van der Waals surface area contributed by atoms with Crippen molar-refractivity contribution in [1.29, 1.82) is 0 Å². The molecule has 21 heavy (non-hydrogen) atoms. The first-order valence-electron chi connectivity index (χ1n) is 6.77. The number of anilines is 1. The van der Waals surface area contributed by atoms with Crippen molar-refractivity contribution in [1.82, 2.24) is 4.90 Å². The minimum Gasteiger partial charge on any atom is -0.326 e. The molecule has 1 amide bonds. The van der Waals surface area contributed by atoms with E-state index < -0.39 is 18.6 Å². The van der Waals surface area contributed by atoms with Crippen molar-refractivity contribution in [3.63, 3.8) is 0 Å². The van der Waals surface area contributed by atoms with E-state index in [1.807, 2.05) is 0 Å². The number of nitrogens with one attached hydrogen (secondary N) is 1. The summed E-state index contributed by atoms with van der Waals surface area (Å²) in [6.45, 7) is -0.894. The van der Waals surface area contributed by atoms with Gasteiger partial charge < -0.3 is 11.1 Å². The summed E-state index contributed by atoms with van der Waals surface area (Å²) in [4.78, 5) is 13.0. The maximum atomic E-state index is 12.5. The van der Waals surface area contributed by atoms with E-state index in [2.05, 4.69) is 5.32 Å². The summed E-state index contributed by atoms with van der Waals surface area (Å²) in [7, 11) is 0. The van der Waals surface area contributed by atoms with Crippen LogP contribution in [0.15, 0.2) is 24.3 Å². The first-order chi connectivity index (χ1) is 9.87. The zero-order chi connectivity index (χ0) is 15.5. The Hall–Kier alpha value is -1.60. The highest BCUT2D eigenvalue weighted by Crippen LogP contribution is 2.29. The molecule has 0 aromatic heterocycles. The monoisotopic (exact) mass is 301 g/mol. The van der Waals surface area contributed by atoms with Gasteiger partial charge in [0.25, 0.3) is 0 Å². The number of amides is 1. The van der Waals surface area contributed by atoms with Gasteiger partial charge in [-0.1, -0.05) is 12.1 Å². The highest BCUT2D eigenvalue weighted by Gasteiger charge is 2.38. The number of nitrogens with two attached hydrogens (primary N) is 1. The molecule has 1 aromatic rings. The molecule has 1 fully saturated rings. The van der Waals surface area contributed by atoms with Crippen molar-refractivity contribution in [3.05, 3.63) is 29.8 Å². The topological polar surface area (TPSA) is 58.4 Å². The van der Waals surface area contributed by atoms with Crippen molar-refractivity contribution in [2.75, 3.05) is 18.4 Å². The molecule has 0 spiro atoms. The lowest BCUT2D eigenvalue weighted by Gasteiger charge is -2.22. The first-order valence-corrected chi connectivity index (χ1v) is 6.77. The highest BCUT2D eigenvalue weighted by molar-refractivity contribution is 5.92. The fourth-order valence-electron chi connectivity index (χ4n) is 2.09. The van der Waals surface area contributed by atoms with E-state index in [0.29, 0.717) is 25.1 Å². The Morgan fingerprint density at radius 3 is 2.38 bits per heavy atom. The molecule has 1 aromatic carbocycles. The predicted octanol–water partition coefficient (Wildman–Crippen LogP) is 2.11. The van der Waals surface area contributed by atoms with E-state index in [-0.39, 0.29) is 12.6 Å². The fourth-order valence-corrected chi connectivity index (χ4v) is 2.09. The normalized spacial score (nSPS) is 15.3. The molecule has 1 aliphatic rings. The van der Waals surface area contributed by atoms with E-state index in [1.54, 1.807) is 24.3 Å². The molecule has 116 valence electrons. The Bertz CT molecular complexity index is 483. The standard InChI is InChI=1S/C14H18F3N3O/c15-14(16,17)9-20(12-5-6-12)8-13(21)19-11-3-1-10(7-18)2-4-11/h1-4,12H,5-9,18H2,(H,19,21). The summed E-state index contributed by atoms with van der Waals surface area (Å²) in [6.07, 6.45) is -2.85. The molecule has 1 saturated carbocycles. The van der Waals surface area contributed by atoms with Gasteiger partial charge in [0.2, 0.25) is 5.91 Å². The van der Waals surface area contributed by atoms with E-state index >= 15 is 0 Å². The Kier molecular flexibility index (Phi) is 4.84. The molecule has 0 radical (unpaired) electrons. The Morgan fingerprint density at radius 2 is 1.90 bits per heavy atom. The van der Waals surface area contributed by atoms with Crippen LogP contribution in [0, 0.1) is 0 Å². The number of carbonyl (C=O) groups is 1. The molecular formula is C14H18F3N3O. The number of alkyl halides is 3. The largest absolute Gasteiger partial charge is 0.401 e. The van der Waals surface area contributed by atoms with Crippen molar-refractivity contribution in [3.8, 4) is 0 Å². The quantitative estimate of drug-likeness (QED) is 0.846. The second kappa shape index (κ2) is 6.44. The van der Waals surface area contributed by atoms with Gasteiger partial charge in [0.1, 0.15) is 0 Å². The van der Waals surface area contributed by atoms with Gasteiger partial charge in [-0.25, -0.2) is 0 Å². The maximum Gasteiger partial charge on any atom is 0.401 e. The third kappa shape index (κ3) is 5.35. The summed E-state index contributed by atoms with van der Waals surface area (Å²) in [5, 5.41) is 2.60. The van der Waals surface area contributed by atoms with Crippen LogP contribution in [0.1, 0.15) is 18.4 Å². The van der Waals surface area contributed by atoms with Crippen LogP contribution >= 0.6 is 0 Å². The summed E-state index contributed by atoms with van der Waals surface area (Å²) in [6, 6.07) is 6.78. The minimum atomic E-state index is -4.29. The van der Waals surface area contributed by atoms with Gasteiger partial charge in [-0.15, -0.1) is 0 Å². The van der Waals surface area contributed by atoms with Crippen molar-refractivity contribution < 1.29 is 18.0 Å². The van der Waals surface area contributed by atoms with Gasteiger partial charge >= 0.3 is 6.18 Å². The molecule has 7 heteroatoms. The summed E-state index contributed by atoms with van der Waals surface area (Å²) >= 11 is 0. The van der Waals surface area contributed by atoms with Crippen molar-refractivity contribution in [2.24, 2.45) is 5.73 Å². The second-order valence-electron chi connectivity index (χ2n) is 5.20. The lowest BCUT2D eigenvalue weighted by Crippen LogP contribution is -2.41. The number of nitrogens with zero attached hydrogens (tertiary/aromatic N) is 1. The predicted molar refractivity (Wildman–Crippen MR) is 73.6 cm³/mol. The van der Waals surface area contributed by atoms with E-state index in [0.717, 1.165) is 5.56 Å². The molecule has 0 atom stereocenters.